The molecule has 1 saturated carbocycles. The van der Waals surface area contributed by atoms with Gasteiger partial charge in [-0.15, -0.1) is 0 Å². The van der Waals surface area contributed by atoms with E-state index >= 15 is 0 Å². The van der Waals surface area contributed by atoms with Crippen molar-refractivity contribution in [2.45, 2.75) is 51.9 Å². The number of anilines is 1. The maximum atomic E-state index is 12.6. The summed E-state index contributed by atoms with van der Waals surface area (Å²) in [5.74, 6) is -0.0474. The molecule has 21 heavy (non-hydrogen) atoms. The Bertz CT molecular complexity index is 504. The summed E-state index contributed by atoms with van der Waals surface area (Å²) in [5, 5.41) is 2.98. The number of rotatable bonds is 6. The van der Waals surface area contributed by atoms with Gasteiger partial charge in [-0.1, -0.05) is 50.5 Å². The van der Waals surface area contributed by atoms with Gasteiger partial charge in [-0.25, -0.2) is 0 Å². The third-order valence-corrected chi connectivity index (χ3v) is 4.78. The quantitative estimate of drug-likeness (QED) is 0.786. The van der Waals surface area contributed by atoms with Crippen molar-refractivity contribution in [1.82, 2.24) is 0 Å². The molecule has 0 bridgehead atoms. The zero-order chi connectivity index (χ0) is 15.3. The van der Waals surface area contributed by atoms with Gasteiger partial charge in [-0.05, 0) is 43.4 Å². The highest BCUT2D eigenvalue weighted by Gasteiger charge is 2.43. The number of amides is 1. The van der Waals surface area contributed by atoms with E-state index < -0.39 is 5.41 Å². The molecule has 0 unspecified atom stereocenters. The molecule has 1 aromatic carbocycles. The molecule has 4 heteroatoms. The first-order valence-electron chi connectivity index (χ1n) is 7.79. The molecule has 3 N–H and O–H groups in total. The summed E-state index contributed by atoms with van der Waals surface area (Å²) in [7, 11) is 0. The fraction of sp³-hybridized carbons (Fsp3) is 0.529. The second-order valence-corrected chi connectivity index (χ2v) is 6.35. The average molecular weight is 304 g/mol. The van der Waals surface area contributed by atoms with Crippen LogP contribution < -0.4 is 11.1 Å². The van der Waals surface area contributed by atoms with Crippen molar-refractivity contribution in [2.75, 3.05) is 5.32 Å². The maximum absolute atomic E-state index is 12.6. The second kappa shape index (κ2) is 7.03. The van der Waals surface area contributed by atoms with Crippen molar-refractivity contribution >= 4 is 28.8 Å². The number of hydrogen-bond acceptors (Lipinski definition) is 2. The number of benzene rings is 1. The van der Waals surface area contributed by atoms with Crippen molar-refractivity contribution in [3.63, 3.8) is 0 Å². The molecule has 1 aliphatic rings. The van der Waals surface area contributed by atoms with Crippen molar-refractivity contribution in [3.8, 4) is 0 Å². The predicted molar refractivity (Wildman–Crippen MR) is 91.4 cm³/mol. The summed E-state index contributed by atoms with van der Waals surface area (Å²) in [5.41, 5.74) is 7.32. The standard InChI is InChI=1S/C17H24N2OS/c1-2-3-6-13-7-9-14(10-8-13)19-16(20)17(15(18)21)11-4-5-12-17/h7-10H,2-6,11-12H2,1H3,(H2,18,21)(H,19,20). The third-order valence-electron chi connectivity index (χ3n) is 4.39. The Hall–Kier alpha value is -1.42. The van der Waals surface area contributed by atoms with E-state index in [4.69, 9.17) is 18.0 Å². The molecular formula is C17H24N2OS. The van der Waals surface area contributed by atoms with Crippen molar-refractivity contribution < 1.29 is 4.79 Å². The van der Waals surface area contributed by atoms with Crippen LogP contribution in [-0.2, 0) is 11.2 Å². The first kappa shape index (κ1) is 16.0. The normalized spacial score (nSPS) is 16.6. The Morgan fingerprint density at radius 2 is 1.90 bits per heavy atom. The zero-order valence-electron chi connectivity index (χ0n) is 12.7. The fourth-order valence-corrected chi connectivity index (χ4v) is 3.25. The van der Waals surface area contributed by atoms with Gasteiger partial charge < -0.3 is 11.1 Å². The molecule has 0 heterocycles. The summed E-state index contributed by atoms with van der Waals surface area (Å²) in [6.07, 6.45) is 7.03. The van der Waals surface area contributed by atoms with Gasteiger partial charge in [0.25, 0.3) is 0 Å². The summed E-state index contributed by atoms with van der Waals surface area (Å²) < 4.78 is 0. The SMILES string of the molecule is CCCCc1ccc(NC(=O)C2(C(N)=S)CCCC2)cc1. The summed E-state index contributed by atoms with van der Waals surface area (Å²) in [6.45, 7) is 2.19. The lowest BCUT2D eigenvalue weighted by molar-refractivity contribution is -0.122. The molecule has 1 aromatic rings. The van der Waals surface area contributed by atoms with E-state index in [1.165, 1.54) is 18.4 Å². The average Bonchev–Trinajstić information content (AvgIpc) is 2.97. The molecule has 1 fully saturated rings. The van der Waals surface area contributed by atoms with Gasteiger partial charge >= 0.3 is 0 Å². The number of unbranched alkanes of at least 4 members (excludes halogenated alkanes) is 1. The van der Waals surface area contributed by atoms with Crippen LogP contribution in [0.15, 0.2) is 24.3 Å². The van der Waals surface area contributed by atoms with E-state index in [2.05, 4.69) is 24.4 Å². The lowest BCUT2D eigenvalue weighted by atomic mass is 9.85. The molecule has 0 aromatic heterocycles. The number of thiocarbonyl (C=S) groups is 1. The molecular weight excluding hydrogens is 280 g/mol. The van der Waals surface area contributed by atoms with E-state index in [0.717, 1.165) is 37.8 Å². The number of nitrogens with two attached hydrogens (primary N) is 1. The summed E-state index contributed by atoms with van der Waals surface area (Å²) in [6, 6.07) is 8.08. The molecule has 0 radical (unpaired) electrons. The number of aryl methyl sites for hydroxylation is 1. The third kappa shape index (κ3) is 3.62. The van der Waals surface area contributed by atoms with Crippen LogP contribution in [0.25, 0.3) is 0 Å². The highest BCUT2D eigenvalue weighted by molar-refractivity contribution is 7.80. The highest BCUT2D eigenvalue weighted by atomic mass is 32.1. The molecule has 0 spiro atoms. The summed E-state index contributed by atoms with van der Waals surface area (Å²) >= 11 is 5.15. The zero-order valence-corrected chi connectivity index (χ0v) is 13.5. The Morgan fingerprint density at radius 1 is 1.29 bits per heavy atom. The molecule has 0 aliphatic heterocycles. The monoisotopic (exact) mass is 304 g/mol. The molecule has 1 aliphatic carbocycles. The van der Waals surface area contributed by atoms with E-state index in [-0.39, 0.29) is 5.91 Å². The predicted octanol–water partition coefficient (Wildman–Crippen LogP) is 3.81. The van der Waals surface area contributed by atoms with Crippen LogP contribution >= 0.6 is 12.2 Å². The number of carbonyl (C=O) groups excluding carboxylic acids is 1. The van der Waals surface area contributed by atoms with Crippen molar-refractivity contribution in [2.24, 2.45) is 11.1 Å². The molecule has 114 valence electrons. The minimum Gasteiger partial charge on any atom is -0.392 e. The lowest BCUT2D eigenvalue weighted by Gasteiger charge is -2.26. The Kier molecular flexibility index (Phi) is 5.34. The van der Waals surface area contributed by atoms with Gasteiger partial charge in [0.15, 0.2) is 0 Å². The lowest BCUT2D eigenvalue weighted by Crippen LogP contribution is -2.43. The van der Waals surface area contributed by atoms with Crippen LogP contribution in [0.5, 0.6) is 0 Å². The van der Waals surface area contributed by atoms with Gasteiger partial charge in [0.1, 0.15) is 0 Å². The Labute approximate surface area is 132 Å². The van der Waals surface area contributed by atoms with E-state index in [1.807, 2.05) is 12.1 Å². The van der Waals surface area contributed by atoms with E-state index in [9.17, 15) is 4.79 Å². The topological polar surface area (TPSA) is 55.1 Å². The molecule has 1 amide bonds. The largest absolute Gasteiger partial charge is 0.392 e. The van der Waals surface area contributed by atoms with Gasteiger partial charge in [0.2, 0.25) is 5.91 Å². The second-order valence-electron chi connectivity index (χ2n) is 5.91. The van der Waals surface area contributed by atoms with E-state index in [1.54, 1.807) is 0 Å². The fourth-order valence-electron chi connectivity index (χ4n) is 2.95. The Balaban J connectivity index is 2.03. The molecule has 0 atom stereocenters. The molecule has 0 saturated heterocycles. The van der Waals surface area contributed by atoms with Crippen LogP contribution in [0.1, 0.15) is 51.0 Å². The van der Waals surface area contributed by atoms with Crippen LogP contribution in [0.4, 0.5) is 5.69 Å². The molecule has 2 rings (SSSR count). The van der Waals surface area contributed by atoms with Crippen LogP contribution in [-0.4, -0.2) is 10.9 Å². The number of carbonyl (C=O) groups is 1. The van der Waals surface area contributed by atoms with Gasteiger partial charge in [0, 0.05) is 5.69 Å². The first-order valence-corrected chi connectivity index (χ1v) is 8.19. The van der Waals surface area contributed by atoms with Crippen molar-refractivity contribution in [3.05, 3.63) is 29.8 Å². The maximum Gasteiger partial charge on any atom is 0.237 e. The van der Waals surface area contributed by atoms with E-state index in [0.29, 0.717) is 4.99 Å². The van der Waals surface area contributed by atoms with Gasteiger partial charge in [-0.2, -0.15) is 0 Å². The first-order chi connectivity index (χ1) is 10.1. The minimum atomic E-state index is -0.643. The van der Waals surface area contributed by atoms with Crippen LogP contribution in [0.3, 0.4) is 0 Å². The minimum absolute atomic E-state index is 0.0474. The van der Waals surface area contributed by atoms with Crippen LogP contribution in [0.2, 0.25) is 0 Å². The molecule has 3 nitrogen and oxygen atoms in total. The number of nitrogens with one attached hydrogen (secondary N) is 1. The number of hydrogen-bond donors (Lipinski definition) is 2. The van der Waals surface area contributed by atoms with Gasteiger partial charge in [-0.3, -0.25) is 4.79 Å². The van der Waals surface area contributed by atoms with Crippen molar-refractivity contribution in [1.29, 1.82) is 0 Å². The Morgan fingerprint density at radius 3 is 2.43 bits per heavy atom. The highest BCUT2D eigenvalue weighted by Crippen LogP contribution is 2.39. The van der Waals surface area contributed by atoms with Gasteiger partial charge in [0.05, 0.1) is 10.4 Å². The smallest absolute Gasteiger partial charge is 0.237 e. The summed E-state index contributed by atoms with van der Waals surface area (Å²) in [4.78, 5) is 12.9. The van der Waals surface area contributed by atoms with Crippen LogP contribution in [0, 0.1) is 5.41 Å².